The third-order valence-corrected chi connectivity index (χ3v) is 6.05. The Balaban J connectivity index is 1.47. The highest BCUT2D eigenvalue weighted by atomic mass is 16.3. The Kier molecular flexibility index (Phi) is 5.92. The van der Waals surface area contributed by atoms with Gasteiger partial charge in [0.2, 0.25) is 0 Å². The summed E-state index contributed by atoms with van der Waals surface area (Å²) in [5.41, 5.74) is 4.11. The first-order valence-electron chi connectivity index (χ1n) is 11.5. The zero-order valence-corrected chi connectivity index (χ0v) is 20.5. The van der Waals surface area contributed by atoms with Crippen molar-refractivity contribution < 1.29 is 19.5 Å². The molecule has 2 heterocycles. The highest BCUT2D eigenvalue weighted by Gasteiger charge is 2.36. The quantitative estimate of drug-likeness (QED) is 0.322. The van der Waals surface area contributed by atoms with Crippen molar-refractivity contribution in [1.29, 1.82) is 0 Å². The predicted molar refractivity (Wildman–Crippen MR) is 138 cm³/mol. The first kappa shape index (κ1) is 23.7. The van der Waals surface area contributed by atoms with Crippen molar-refractivity contribution >= 4 is 40.6 Å². The molecule has 0 atom stereocenters. The predicted octanol–water partition coefficient (Wildman–Crippen LogP) is 3.16. The summed E-state index contributed by atoms with van der Waals surface area (Å²) in [5, 5.41) is 22.1. The molecule has 4 amide bonds. The molecule has 10 nitrogen and oxygen atoms in total. The van der Waals surface area contributed by atoms with Gasteiger partial charge < -0.3 is 10.0 Å². The minimum Gasteiger partial charge on any atom is -0.505 e. The highest BCUT2D eigenvalue weighted by molar-refractivity contribution is 6.31. The number of urea groups is 1. The zero-order valence-electron chi connectivity index (χ0n) is 20.5. The van der Waals surface area contributed by atoms with Crippen molar-refractivity contribution in [2.75, 3.05) is 19.0 Å². The van der Waals surface area contributed by atoms with Gasteiger partial charge in [0.15, 0.2) is 0 Å². The molecule has 4 aromatic rings. The Morgan fingerprint density at radius 3 is 2.24 bits per heavy atom. The van der Waals surface area contributed by atoms with Crippen LogP contribution in [0.5, 0.6) is 5.75 Å². The number of carbonyl (C=O) groups is 3. The molecule has 1 aliphatic rings. The first-order chi connectivity index (χ1) is 17.7. The maximum atomic E-state index is 13.3. The molecular formula is C27H24N6O4. The Hall–Kier alpha value is -4.99. The number of benzene rings is 3. The van der Waals surface area contributed by atoms with Crippen LogP contribution in [0.15, 0.2) is 66.2 Å². The molecule has 10 heteroatoms. The summed E-state index contributed by atoms with van der Waals surface area (Å²) in [6, 6.07) is 17.1. The van der Waals surface area contributed by atoms with Gasteiger partial charge in [-0.05, 0) is 54.5 Å². The van der Waals surface area contributed by atoms with Crippen molar-refractivity contribution in [1.82, 2.24) is 25.2 Å². The summed E-state index contributed by atoms with van der Waals surface area (Å²) in [4.78, 5) is 42.5. The van der Waals surface area contributed by atoms with Gasteiger partial charge in [-0.3, -0.25) is 19.8 Å². The Morgan fingerprint density at radius 2 is 1.62 bits per heavy atom. The van der Waals surface area contributed by atoms with Crippen LogP contribution >= 0.6 is 0 Å². The summed E-state index contributed by atoms with van der Waals surface area (Å²) in [5.74, 6) is -1.70. The van der Waals surface area contributed by atoms with E-state index in [-0.39, 0.29) is 17.9 Å². The van der Waals surface area contributed by atoms with E-state index in [0.29, 0.717) is 27.8 Å². The van der Waals surface area contributed by atoms with Crippen LogP contribution in [0, 0.1) is 6.92 Å². The number of barbiturate groups is 1. The zero-order chi connectivity index (χ0) is 26.3. The second kappa shape index (κ2) is 9.23. The number of rotatable bonds is 5. The number of aromatic nitrogens is 3. The van der Waals surface area contributed by atoms with Gasteiger partial charge >= 0.3 is 6.03 Å². The maximum Gasteiger partial charge on any atom is 0.331 e. The lowest BCUT2D eigenvalue weighted by atomic mass is 10.0. The second-order valence-corrected chi connectivity index (χ2v) is 8.96. The lowest BCUT2D eigenvalue weighted by molar-refractivity contribution is -0.130. The maximum absolute atomic E-state index is 13.3. The number of aryl methyl sites for hydroxylation is 1. The fourth-order valence-electron chi connectivity index (χ4n) is 4.12. The molecule has 0 aliphatic carbocycles. The average molecular weight is 497 g/mol. The van der Waals surface area contributed by atoms with E-state index in [1.54, 1.807) is 24.3 Å². The smallest absolute Gasteiger partial charge is 0.331 e. The van der Waals surface area contributed by atoms with Gasteiger partial charge in [0, 0.05) is 25.3 Å². The van der Waals surface area contributed by atoms with Crippen molar-refractivity contribution in [3.05, 3.63) is 82.9 Å². The number of phenolic OH excluding ortho intramolecular Hbond substituents is 1. The number of amides is 4. The van der Waals surface area contributed by atoms with E-state index in [2.05, 4.69) is 15.5 Å². The Bertz CT molecular complexity index is 1550. The number of carbonyl (C=O) groups excluding carboxylic acids is 3. The number of hydrogen-bond acceptors (Lipinski definition) is 7. The van der Waals surface area contributed by atoms with Crippen LogP contribution in [0.4, 0.5) is 10.5 Å². The molecule has 0 radical (unpaired) electrons. The number of fused-ring (bicyclic) bond motifs is 1. The average Bonchev–Trinajstić information content (AvgIpc) is 3.30. The fraction of sp³-hybridized carbons (Fsp3) is 0.148. The molecular weight excluding hydrogens is 472 g/mol. The van der Waals surface area contributed by atoms with E-state index < -0.39 is 17.8 Å². The third kappa shape index (κ3) is 4.52. The van der Waals surface area contributed by atoms with Crippen molar-refractivity contribution in [3.8, 4) is 11.4 Å². The normalized spacial score (nSPS) is 14.9. The van der Waals surface area contributed by atoms with Crippen LogP contribution in [-0.4, -0.2) is 56.9 Å². The molecule has 1 fully saturated rings. The number of nitrogens with one attached hydrogen (secondary N) is 1. The van der Waals surface area contributed by atoms with Crippen LogP contribution in [0.1, 0.15) is 16.7 Å². The first-order valence-corrected chi connectivity index (χ1v) is 11.5. The third-order valence-electron chi connectivity index (χ3n) is 6.05. The molecule has 0 saturated carbocycles. The molecule has 0 spiro atoms. The highest BCUT2D eigenvalue weighted by Crippen LogP contribution is 2.30. The van der Waals surface area contributed by atoms with Crippen LogP contribution in [0.3, 0.4) is 0 Å². The van der Waals surface area contributed by atoms with Gasteiger partial charge in [-0.25, -0.2) is 4.79 Å². The molecule has 37 heavy (non-hydrogen) atoms. The van der Waals surface area contributed by atoms with Crippen LogP contribution in [0.25, 0.3) is 22.8 Å². The number of anilines is 1. The SMILES string of the molecule is Cc1cc(CN2C(=O)NC(=O)C(=Cc3ccc(N(C)C)cc3)C2=O)c(O)c(-n2nc3ccccc3n2)c1. The summed E-state index contributed by atoms with van der Waals surface area (Å²) in [7, 11) is 3.82. The van der Waals surface area contributed by atoms with Gasteiger partial charge in [0.1, 0.15) is 28.0 Å². The number of aromatic hydroxyl groups is 1. The second-order valence-electron chi connectivity index (χ2n) is 8.96. The number of phenols is 1. The molecule has 186 valence electrons. The number of imide groups is 2. The number of hydrogen-bond donors (Lipinski definition) is 2. The Morgan fingerprint density at radius 1 is 0.973 bits per heavy atom. The minimum atomic E-state index is -0.861. The van der Waals surface area contributed by atoms with Gasteiger partial charge in [0.25, 0.3) is 11.8 Å². The molecule has 3 aromatic carbocycles. The van der Waals surface area contributed by atoms with Gasteiger partial charge in [-0.1, -0.05) is 30.3 Å². The molecule has 5 rings (SSSR count). The van der Waals surface area contributed by atoms with Crippen LogP contribution < -0.4 is 10.2 Å². The monoisotopic (exact) mass is 496 g/mol. The molecule has 1 aliphatic heterocycles. The van der Waals surface area contributed by atoms with E-state index in [4.69, 9.17) is 0 Å². The van der Waals surface area contributed by atoms with E-state index in [1.807, 2.05) is 62.3 Å². The van der Waals surface area contributed by atoms with Gasteiger partial charge in [-0.2, -0.15) is 0 Å². The number of nitrogens with zero attached hydrogens (tertiary/aromatic N) is 5. The van der Waals surface area contributed by atoms with E-state index in [9.17, 15) is 19.5 Å². The minimum absolute atomic E-state index is 0.173. The molecule has 0 unspecified atom stereocenters. The Labute approximate surface area is 212 Å². The van der Waals surface area contributed by atoms with Crippen molar-refractivity contribution in [2.45, 2.75) is 13.5 Å². The summed E-state index contributed by atoms with van der Waals surface area (Å²) < 4.78 is 0. The standard InChI is InChI=1S/C27H24N6O4/c1-16-12-18(24(34)23(13-16)33-29-21-6-4-5-7-22(21)30-33)15-32-26(36)20(25(35)28-27(32)37)14-17-8-10-19(11-9-17)31(2)3/h4-14,34H,15H2,1-3H3,(H,28,35,37). The van der Waals surface area contributed by atoms with Crippen molar-refractivity contribution in [3.63, 3.8) is 0 Å². The summed E-state index contributed by atoms with van der Waals surface area (Å²) >= 11 is 0. The summed E-state index contributed by atoms with van der Waals surface area (Å²) in [6.45, 7) is 1.57. The van der Waals surface area contributed by atoms with Crippen LogP contribution in [-0.2, 0) is 16.1 Å². The van der Waals surface area contributed by atoms with Gasteiger partial charge in [0.05, 0.1) is 6.54 Å². The van der Waals surface area contributed by atoms with Gasteiger partial charge in [-0.15, -0.1) is 15.0 Å². The lowest BCUT2D eigenvalue weighted by Gasteiger charge is -2.27. The molecule has 0 bridgehead atoms. The largest absolute Gasteiger partial charge is 0.505 e. The van der Waals surface area contributed by atoms with E-state index in [1.165, 1.54) is 10.9 Å². The topological polar surface area (TPSA) is 121 Å². The summed E-state index contributed by atoms with van der Waals surface area (Å²) in [6.07, 6.45) is 1.44. The molecule has 1 aromatic heterocycles. The van der Waals surface area contributed by atoms with E-state index in [0.717, 1.165) is 16.2 Å². The van der Waals surface area contributed by atoms with Crippen molar-refractivity contribution in [2.24, 2.45) is 0 Å². The molecule has 2 N–H and O–H groups in total. The van der Waals surface area contributed by atoms with E-state index >= 15 is 0 Å². The lowest BCUT2D eigenvalue weighted by Crippen LogP contribution is -2.53. The molecule has 1 saturated heterocycles. The fourth-order valence-corrected chi connectivity index (χ4v) is 4.12. The van der Waals surface area contributed by atoms with Crippen LogP contribution in [0.2, 0.25) is 0 Å².